The molecule has 0 aromatic heterocycles. The number of amidine groups is 1. The van der Waals surface area contributed by atoms with Crippen molar-refractivity contribution in [2.75, 3.05) is 27.2 Å². The van der Waals surface area contributed by atoms with Gasteiger partial charge < -0.3 is 20.6 Å². The topological polar surface area (TPSA) is 71.1 Å². The molecule has 0 radical (unpaired) electrons. The maximum Gasteiger partial charge on any atom is 0.143 e. The smallest absolute Gasteiger partial charge is 0.143 e. The lowest BCUT2D eigenvalue weighted by Crippen LogP contribution is -2.36. The van der Waals surface area contributed by atoms with Gasteiger partial charge in [-0.25, -0.2) is 0 Å². The highest BCUT2D eigenvalue weighted by Crippen LogP contribution is 2.00. The van der Waals surface area contributed by atoms with Crippen molar-refractivity contribution in [2.45, 2.75) is 20.0 Å². The lowest BCUT2D eigenvalue weighted by Gasteiger charge is -2.23. The lowest BCUT2D eigenvalue weighted by atomic mass is 10.1. The number of rotatable bonds is 6. The Morgan fingerprint density at radius 2 is 2.07 bits per heavy atom. The van der Waals surface area contributed by atoms with E-state index in [2.05, 4.69) is 10.1 Å². The number of likely N-dealkylation sites (N-methyl/N-ethyl adjacent to an activating group) is 1. The number of nitrogens with zero attached hydrogens (tertiary/aromatic N) is 2. The Morgan fingerprint density at radius 1 is 1.50 bits per heavy atom. The molecule has 14 heavy (non-hydrogen) atoms. The summed E-state index contributed by atoms with van der Waals surface area (Å²) in [6, 6.07) is 0. The van der Waals surface area contributed by atoms with E-state index in [9.17, 15) is 0 Å². The highest BCUT2D eigenvalue weighted by molar-refractivity contribution is 5.82. The van der Waals surface area contributed by atoms with Crippen LogP contribution in [0.5, 0.6) is 0 Å². The van der Waals surface area contributed by atoms with Gasteiger partial charge in [0, 0.05) is 26.1 Å². The van der Waals surface area contributed by atoms with Crippen molar-refractivity contribution in [1.29, 1.82) is 0 Å². The van der Waals surface area contributed by atoms with E-state index < -0.39 is 0 Å². The van der Waals surface area contributed by atoms with Crippen LogP contribution in [0.15, 0.2) is 5.16 Å². The van der Waals surface area contributed by atoms with E-state index in [1.54, 1.807) is 7.11 Å². The van der Waals surface area contributed by atoms with Crippen LogP contribution in [-0.2, 0) is 4.74 Å². The van der Waals surface area contributed by atoms with Gasteiger partial charge in [-0.15, -0.1) is 0 Å². The van der Waals surface area contributed by atoms with E-state index in [1.165, 1.54) is 0 Å². The Kier molecular flexibility index (Phi) is 6.23. The first kappa shape index (κ1) is 13.2. The summed E-state index contributed by atoms with van der Waals surface area (Å²) in [5.41, 5.74) is 5.47. The minimum atomic E-state index is 0.0501. The quantitative estimate of drug-likeness (QED) is 0.282. The van der Waals surface area contributed by atoms with Gasteiger partial charge in [0.15, 0.2) is 0 Å². The van der Waals surface area contributed by atoms with Crippen LogP contribution in [0.4, 0.5) is 0 Å². The Bertz CT molecular complexity index is 185. The number of methoxy groups -OCH3 is 1. The van der Waals surface area contributed by atoms with Gasteiger partial charge >= 0.3 is 0 Å². The van der Waals surface area contributed by atoms with Crippen molar-refractivity contribution in [3.8, 4) is 0 Å². The molecule has 0 amide bonds. The van der Waals surface area contributed by atoms with Gasteiger partial charge in [-0.1, -0.05) is 12.1 Å². The molecule has 0 fully saturated rings. The fraction of sp³-hybridized carbons (Fsp3) is 0.889. The van der Waals surface area contributed by atoms with Gasteiger partial charge in [0.1, 0.15) is 5.84 Å². The molecule has 5 nitrogen and oxygen atoms in total. The van der Waals surface area contributed by atoms with Crippen LogP contribution in [0.2, 0.25) is 0 Å². The molecule has 0 aromatic rings. The predicted molar refractivity (Wildman–Crippen MR) is 56.5 cm³/mol. The molecule has 2 unspecified atom stereocenters. The second-order valence-corrected chi connectivity index (χ2v) is 3.69. The average molecular weight is 203 g/mol. The van der Waals surface area contributed by atoms with Crippen LogP contribution >= 0.6 is 0 Å². The van der Waals surface area contributed by atoms with Gasteiger partial charge in [-0.3, -0.25) is 0 Å². The third-order valence-corrected chi connectivity index (χ3v) is 2.18. The molecule has 2 atom stereocenters. The van der Waals surface area contributed by atoms with Crippen molar-refractivity contribution in [1.82, 2.24) is 4.90 Å². The van der Waals surface area contributed by atoms with Crippen molar-refractivity contribution >= 4 is 5.84 Å². The van der Waals surface area contributed by atoms with Gasteiger partial charge in [0.25, 0.3) is 0 Å². The summed E-state index contributed by atoms with van der Waals surface area (Å²) in [6.07, 6.45) is 0.194. The first-order chi connectivity index (χ1) is 6.51. The van der Waals surface area contributed by atoms with Gasteiger partial charge in [0.05, 0.1) is 6.10 Å². The molecule has 0 heterocycles. The minimum Gasteiger partial charge on any atom is -0.409 e. The molecule has 0 aromatic carbocycles. The fourth-order valence-electron chi connectivity index (χ4n) is 1.25. The highest BCUT2D eigenvalue weighted by atomic mass is 16.5. The van der Waals surface area contributed by atoms with Crippen LogP contribution in [0.3, 0.4) is 0 Å². The SMILES string of the molecule is COC(C)CN(C)CC(C)C(N)=NO. The summed E-state index contributed by atoms with van der Waals surface area (Å²) in [6.45, 7) is 5.51. The average Bonchev–Trinajstić information content (AvgIpc) is 2.15. The molecular weight excluding hydrogens is 182 g/mol. The van der Waals surface area contributed by atoms with Gasteiger partial charge in [-0.05, 0) is 14.0 Å². The van der Waals surface area contributed by atoms with E-state index in [4.69, 9.17) is 15.7 Å². The second-order valence-electron chi connectivity index (χ2n) is 3.69. The summed E-state index contributed by atoms with van der Waals surface area (Å²) in [4.78, 5) is 2.09. The summed E-state index contributed by atoms with van der Waals surface area (Å²) >= 11 is 0. The molecular formula is C9H21N3O2. The van der Waals surface area contributed by atoms with Gasteiger partial charge in [-0.2, -0.15) is 0 Å². The lowest BCUT2D eigenvalue weighted by molar-refractivity contribution is 0.0838. The summed E-state index contributed by atoms with van der Waals surface area (Å²) in [7, 11) is 3.67. The van der Waals surface area contributed by atoms with Crippen LogP contribution in [0.25, 0.3) is 0 Å². The molecule has 0 bridgehead atoms. The molecule has 0 aliphatic rings. The zero-order valence-corrected chi connectivity index (χ0v) is 9.40. The largest absolute Gasteiger partial charge is 0.409 e. The summed E-state index contributed by atoms with van der Waals surface area (Å²) in [5, 5.41) is 11.4. The van der Waals surface area contributed by atoms with Gasteiger partial charge in [0.2, 0.25) is 0 Å². The van der Waals surface area contributed by atoms with Crippen molar-refractivity contribution < 1.29 is 9.94 Å². The number of nitrogens with two attached hydrogens (primary N) is 1. The molecule has 0 rings (SSSR count). The van der Waals surface area contributed by atoms with Crippen molar-refractivity contribution in [2.24, 2.45) is 16.8 Å². The Morgan fingerprint density at radius 3 is 2.50 bits per heavy atom. The van der Waals surface area contributed by atoms with E-state index in [1.807, 2.05) is 20.9 Å². The van der Waals surface area contributed by atoms with Crippen molar-refractivity contribution in [3.63, 3.8) is 0 Å². The highest BCUT2D eigenvalue weighted by Gasteiger charge is 2.12. The van der Waals surface area contributed by atoms with E-state index >= 15 is 0 Å². The molecule has 5 heteroatoms. The molecule has 0 aliphatic carbocycles. The first-order valence-electron chi connectivity index (χ1n) is 4.70. The van der Waals surface area contributed by atoms with Crippen LogP contribution in [0, 0.1) is 5.92 Å². The van der Waals surface area contributed by atoms with Crippen LogP contribution in [-0.4, -0.2) is 49.3 Å². The molecule has 0 saturated carbocycles. The molecule has 0 saturated heterocycles. The molecule has 3 N–H and O–H groups in total. The standard InChI is InChI=1S/C9H21N3O2/c1-7(9(10)11-13)5-12(3)6-8(2)14-4/h7-8,13H,5-6H2,1-4H3,(H2,10,11). The van der Waals surface area contributed by atoms with Crippen LogP contribution in [0.1, 0.15) is 13.8 Å². The number of hydrogen-bond acceptors (Lipinski definition) is 4. The van der Waals surface area contributed by atoms with E-state index in [-0.39, 0.29) is 17.9 Å². The molecule has 0 aliphatic heterocycles. The Labute approximate surface area is 85.5 Å². The normalized spacial score (nSPS) is 17.1. The zero-order chi connectivity index (χ0) is 11.1. The number of ether oxygens (including phenoxy) is 1. The maximum atomic E-state index is 8.47. The maximum absolute atomic E-state index is 8.47. The van der Waals surface area contributed by atoms with Crippen molar-refractivity contribution in [3.05, 3.63) is 0 Å². The van der Waals surface area contributed by atoms with E-state index in [0.29, 0.717) is 0 Å². The predicted octanol–water partition coefficient (Wildman–Crippen LogP) is 0.336. The first-order valence-corrected chi connectivity index (χ1v) is 4.70. The Hall–Kier alpha value is -0.810. The molecule has 0 spiro atoms. The second kappa shape index (κ2) is 6.62. The Balaban J connectivity index is 3.87. The number of oxime groups is 1. The third-order valence-electron chi connectivity index (χ3n) is 2.18. The monoisotopic (exact) mass is 203 g/mol. The molecule has 84 valence electrons. The zero-order valence-electron chi connectivity index (χ0n) is 9.40. The van der Waals surface area contributed by atoms with E-state index in [0.717, 1.165) is 13.1 Å². The third kappa shape index (κ3) is 5.04. The minimum absolute atomic E-state index is 0.0501. The number of hydrogen-bond donors (Lipinski definition) is 2. The summed E-state index contributed by atoms with van der Waals surface area (Å²) in [5.74, 6) is 0.316. The fourth-order valence-corrected chi connectivity index (χ4v) is 1.25. The summed E-state index contributed by atoms with van der Waals surface area (Å²) < 4.78 is 5.14. The van der Waals surface area contributed by atoms with Crippen LogP contribution < -0.4 is 5.73 Å².